The Morgan fingerprint density at radius 3 is 2.82 bits per heavy atom. The first-order chi connectivity index (χ1) is 8.16. The maximum absolute atomic E-state index is 11.4. The fourth-order valence-corrected chi connectivity index (χ4v) is 2.72. The van der Waals surface area contributed by atoms with Crippen LogP contribution in [0.3, 0.4) is 0 Å². The highest BCUT2D eigenvalue weighted by molar-refractivity contribution is 5.69. The summed E-state index contributed by atoms with van der Waals surface area (Å²) in [4.78, 5) is 11.4. The lowest BCUT2D eigenvalue weighted by molar-refractivity contribution is -0.144. The Hall–Kier alpha value is -1.35. The van der Waals surface area contributed by atoms with E-state index in [1.165, 1.54) is 7.11 Å². The zero-order chi connectivity index (χ0) is 12.3. The quantitative estimate of drug-likeness (QED) is 0.816. The Bertz CT molecular complexity index is 388. The van der Waals surface area contributed by atoms with Crippen molar-refractivity contribution in [2.24, 2.45) is 5.92 Å². The van der Waals surface area contributed by atoms with E-state index in [0.717, 1.165) is 24.8 Å². The van der Waals surface area contributed by atoms with Crippen LogP contribution in [0.1, 0.15) is 31.2 Å². The molecule has 2 atom stereocenters. The van der Waals surface area contributed by atoms with E-state index in [2.05, 4.69) is 0 Å². The van der Waals surface area contributed by atoms with Crippen LogP contribution in [0, 0.1) is 5.92 Å². The van der Waals surface area contributed by atoms with E-state index < -0.39 is 5.60 Å². The van der Waals surface area contributed by atoms with E-state index in [1.54, 1.807) is 0 Å². The molecule has 0 aliphatic heterocycles. The molecule has 1 aliphatic carbocycles. The number of hydrogen-bond acceptors (Lipinski definition) is 3. The zero-order valence-corrected chi connectivity index (χ0v) is 10.1. The van der Waals surface area contributed by atoms with Crippen LogP contribution < -0.4 is 0 Å². The summed E-state index contributed by atoms with van der Waals surface area (Å²) >= 11 is 0. The van der Waals surface area contributed by atoms with Gasteiger partial charge in [-0.05, 0) is 24.8 Å². The summed E-state index contributed by atoms with van der Waals surface area (Å²) in [6.45, 7) is 0. The lowest BCUT2D eigenvalue weighted by Gasteiger charge is -2.30. The molecule has 0 amide bonds. The first-order valence-corrected chi connectivity index (χ1v) is 6.01. The topological polar surface area (TPSA) is 46.5 Å². The molecular formula is C14H18O3. The number of rotatable bonds is 3. The Labute approximate surface area is 101 Å². The zero-order valence-electron chi connectivity index (χ0n) is 10.1. The summed E-state index contributed by atoms with van der Waals surface area (Å²) < 4.78 is 4.69. The van der Waals surface area contributed by atoms with Gasteiger partial charge < -0.3 is 9.84 Å². The van der Waals surface area contributed by atoms with Crippen molar-refractivity contribution in [2.45, 2.75) is 31.3 Å². The van der Waals surface area contributed by atoms with Gasteiger partial charge in [-0.1, -0.05) is 30.3 Å². The molecule has 1 aromatic carbocycles. The number of methoxy groups -OCH3 is 1. The van der Waals surface area contributed by atoms with Crippen LogP contribution in [0.5, 0.6) is 0 Å². The highest BCUT2D eigenvalue weighted by Crippen LogP contribution is 2.45. The summed E-state index contributed by atoms with van der Waals surface area (Å²) in [5.74, 6) is -0.274. The second kappa shape index (κ2) is 4.88. The molecule has 1 aliphatic rings. The third-order valence-corrected chi connectivity index (χ3v) is 3.70. The second-order valence-electron chi connectivity index (χ2n) is 4.66. The van der Waals surface area contributed by atoms with Crippen LogP contribution >= 0.6 is 0 Å². The van der Waals surface area contributed by atoms with Gasteiger partial charge in [0, 0.05) is 5.92 Å². The Morgan fingerprint density at radius 2 is 2.18 bits per heavy atom. The van der Waals surface area contributed by atoms with Crippen LogP contribution in [0.15, 0.2) is 30.3 Å². The molecular weight excluding hydrogens is 216 g/mol. The highest BCUT2D eigenvalue weighted by atomic mass is 16.5. The molecule has 1 aromatic rings. The van der Waals surface area contributed by atoms with Crippen molar-refractivity contribution in [3.63, 3.8) is 0 Å². The summed E-state index contributed by atoms with van der Waals surface area (Å²) in [5.41, 5.74) is 0.0431. The van der Waals surface area contributed by atoms with Crippen molar-refractivity contribution in [1.82, 2.24) is 0 Å². The number of carbonyl (C=O) groups is 1. The van der Waals surface area contributed by atoms with Crippen molar-refractivity contribution in [1.29, 1.82) is 0 Å². The van der Waals surface area contributed by atoms with Gasteiger partial charge in [-0.3, -0.25) is 4.79 Å². The third kappa shape index (κ3) is 2.34. The molecule has 1 N–H and O–H groups in total. The van der Waals surface area contributed by atoms with E-state index in [1.807, 2.05) is 30.3 Å². The first kappa shape index (κ1) is 12.1. The lowest BCUT2D eigenvalue weighted by Crippen LogP contribution is -2.31. The summed E-state index contributed by atoms with van der Waals surface area (Å²) in [6.07, 6.45) is 2.84. The average molecular weight is 234 g/mol. The molecule has 92 valence electrons. The molecule has 0 radical (unpaired) electrons. The smallest absolute Gasteiger partial charge is 0.305 e. The maximum atomic E-state index is 11.4. The van der Waals surface area contributed by atoms with E-state index in [9.17, 15) is 9.90 Å². The molecule has 2 rings (SSSR count). The summed E-state index contributed by atoms with van der Waals surface area (Å²) in [7, 11) is 1.39. The predicted octanol–water partition coefficient (Wildman–Crippen LogP) is 2.24. The molecule has 0 aromatic heterocycles. The highest BCUT2D eigenvalue weighted by Gasteiger charge is 2.43. The minimum atomic E-state index is -0.866. The Morgan fingerprint density at radius 1 is 1.47 bits per heavy atom. The van der Waals surface area contributed by atoms with Crippen LogP contribution in [0.2, 0.25) is 0 Å². The number of aliphatic hydroxyl groups is 1. The number of ether oxygens (including phenoxy) is 1. The lowest BCUT2D eigenvalue weighted by atomic mass is 9.82. The third-order valence-electron chi connectivity index (χ3n) is 3.70. The van der Waals surface area contributed by atoms with Crippen molar-refractivity contribution in [2.75, 3.05) is 7.11 Å². The summed E-state index contributed by atoms with van der Waals surface area (Å²) in [5, 5.41) is 10.8. The van der Waals surface area contributed by atoms with Gasteiger partial charge in [0.15, 0.2) is 0 Å². The first-order valence-electron chi connectivity index (χ1n) is 6.01. The van der Waals surface area contributed by atoms with Crippen LogP contribution in [0.4, 0.5) is 0 Å². The average Bonchev–Trinajstić information content (AvgIpc) is 2.73. The molecule has 0 bridgehead atoms. The maximum Gasteiger partial charge on any atom is 0.305 e. The van der Waals surface area contributed by atoms with E-state index in [4.69, 9.17) is 4.74 Å². The van der Waals surface area contributed by atoms with Crippen LogP contribution in [-0.2, 0) is 15.1 Å². The van der Waals surface area contributed by atoms with Crippen molar-refractivity contribution < 1.29 is 14.6 Å². The number of hydrogen-bond donors (Lipinski definition) is 1. The van der Waals surface area contributed by atoms with E-state index in [-0.39, 0.29) is 11.9 Å². The van der Waals surface area contributed by atoms with Gasteiger partial charge in [0.05, 0.1) is 19.1 Å². The van der Waals surface area contributed by atoms with Gasteiger partial charge in [-0.25, -0.2) is 0 Å². The fourth-order valence-electron chi connectivity index (χ4n) is 2.72. The molecule has 1 saturated carbocycles. The minimum absolute atomic E-state index is 0.0302. The minimum Gasteiger partial charge on any atom is -0.469 e. The predicted molar refractivity (Wildman–Crippen MR) is 64.3 cm³/mol. The molecule has 1 fully saturated rings. The largest absolute Gasteiger partial charge is 0.469 e. The van der Waals surface area contributed by atoms with E-state index in [0.29, 0.717) is 6.42 Å². The molecule has 0 spiro atoms. The molecule has 3 heteroatoms. The molecule has 0 unspecified atom stereocenters. The van der Waals surface area contributed by atoms with Gasteiger partial charge >= 0.3 is 5.97 Å². The van der Waals surface area contributed by atoms with Crippen molar-refractivity contribution in [3.05, 3.63) is 35.9 Å². The molecule has 0 saturated heterocycles. The van der Waals surface area contributed by atoms with Crippen LogP contribution in [-0.4, -0.2) is 18.2 Å². The molecule has 17 heavy (non-hydrogen) atoms. The Balaban J connectivity index is 2.20. The fraction of sp³-hybridized carbons (Fsp3) is 0.500. The van der Waals surface area contributed by atoms with Crippen LogP contribution in [0.25, 0.3) is 0 Å². The van der Waals surface area contributed by atoms with Gasteiger partial charge in [0.25, 0.3) is 0 Å². The Kier molecular flexibility index (Phi) is 3.48. The normalized spacial score (nSPS) is 28.0. The summed E-state index contributed by atoms with van der Waals surface area (Å²) in [6, 6.07) is 9.62. The van der Waals surface area contributed by atoms with Crippen molar-refractivity contribution in [3.8, 4) is 0 Å². The number of esters is 1. The number of benzene rings is 1. The van der Waals surface area contributed by atoms with Gasteiger partial charge in [0.1, 0.15) is 0 Å². The molecule has 3 nitrogen and oxygen atoms in total. The number of carbonyl (C=O) groups excluding carboxylic acids is 1. The van der Waals surface area contributed by atoms with Gasteiger partial charge in [0.2, 0.25) is 0 Å². The second-order valence-corrected chi connectivity index (χ2v) is 4.66. The monoisotopic (exact) mass is 234 g/mol. The van der Waals surface area contributed by atoms with E-state index >= 15 is 0 Å². The van der Waals surface area contributed by atoms with Gasteiger partial charge in [-0.15, -0.1) is 0 Å². The molecule has 0 heterocycles. The standard InChI is InChI=1S/C14H18O3/c1-17-13(15)10-12-8-5-9-14(12,16)11-6-3-2-4-7-11/h2-4,6-7,12,16H,5,8-10H2,1H3/t12-,14-/m1/s1. The van der Waals surface area contributed by atoms with Gasteiger partial charge in [-0.2, -0.15) is 0 Å². The SMILES string of the molecule is COC(=O)C[C@H]1CCC[C@@]1(O)c1ccccc1. The van der Waals surface area contributed by atoms with Crippen molar-refractivity contribution >= 4 is 5.97 Å².